The Morgan fingerprint density at radius 3 is 3.22 bits per heavy atom. The number of hydrogen-bond acceptors (Lipinski definition) is 4. The third-order valence-corrected chi connectivity index (χ3v) is 3.46. The van der Waals surface area contributed by atoms with Crippen molar-refractivity contribution in [1.82, 2.24) is 15.2 Å². The minimum atomic E-state index is -0.0173. The van der Waals surface area contributed by atoms with E-state index in [4.69, 9.17) is 0 Å². The molecule has 2 heterocycles. The number of halogens is 1. The summed E-state index contributed by atoms with van der Waals surface area (Å²) in [6, 6.07) is 3.68. The van der Waals surface area contributed by atoms with E-state index in [2.05, 4.69) is 36.4 Å². The van der Waals surface area contributed by atoms with E-state index in [1.165, 1.54) is 0 Å². The summed E-state index contributed by atoms with van der Waals surface area (Å²) in [5.41, 5.74) is 0. The average molecular weight is 313 g/mol. The normalized spacial score (nSPS) is 17.2. The summed E-state index contributed by atoms with van der Waals surface area (Å²) >= 11 is 3.36. The Balaban J connectivity index is 1.86. The maximum Gasteiger partial charge on any atom is 0.239 e. The molecule has 1 aliphatic rings. The second-order valence-electron chi connectivity index (χ2n) is 4.26. The summed E-state index contributed by atoms with van der Waals surface area (Å²) in [4.78, 5) is 18.2. The van der Waals surface area contributed by atoms with Crippen LogP contribution in [0.2, 0.25) is 0 Å². The molecule has 1 aromatic heterocycles. The molecule has 6 heteroatoms. The number of pyridine rings is 1. The molecule has 1 aliphatic heterocycles. The molecule has 0 bridgehead atoms. The first-order valence-electron chi connectivity index (χ1n) is 6.09. The molecule has 2 rings (SSSR count). The number of carbonyl (C=O) groups is 1. The number of aromatic nitrogens is 1. The van der Waals surface area contributed by atoms with Crippen LogP contribution < -0.4 is 10.6 Å². The summed E-state index contributed by atoms with van der Waals surface area (Å²) in [5.74, 6) is 0.562. The topological polar surface area (TPSA) is 57.3 Å². The number of hydrogen-bond donors (Lipinski definition) is 2. The van der Waals surface area contributed by atoms with Gasteiger partial charge in [-0.1, -0.05) is 0 Å². The van der Waals surface area contributed by atoms with Gasteiger partial charge in [-0.2, -0.15) is 0 Å². The van der Waals surface area contributed by atoms with Crippen molar-refractivity contribution in [1.29, 1.82) is 0 Å². The Bertz CT molecular complexity index is 405. The van der Waals surface area contributed by atoms with Crippen LogP contribution in [-0.2, 0) is 4.79 Å². The van der Waals surface area contributed by atoms with Crippen LogP contribution in [0.1, 0.15) is 6.42 Å². The molecular formula is C12H17BrN4O. The van der Waals surface area contributed by atoms with E-state index in [0.29, 0.717) is 12.4 Å². The first kappa shape index (κ1) is 13.5. The third kappa shape index (κ3) is 4.04. The smallest absolute Gasteiger partial charge is 0.239 e. The van der Waals surface area contributed by atoms with Gasteiger partial charge in [0.25, 0.3) is 0 Å². The molecule has 98 valence electrons. The monoisotopic (exact) mass is 312 g/mol. The van der Waals surface area contributed by atoms with Gasteiger partial charge in [-0.05, 0) is 47.6 Å². The average Bonchev–Trinajstić information content (AvgIpc) is 2.61. The van der Waals surface area contributed by atoms with Gasteiger partial charge in [0.05, 0.1) is 11.0 Å². The van der Waals surface area contributed by atoms with E-state index in [1.54, 1.807) is 6.20 Å². The highest BCUT2D eigenvalue weighted by Gasteiger charge is 2.13. The molecule has 1 fully saturated rings. The first-order chi connectivity index (χ1) is 8.75. The predicted octanol–water partition coefficient (Wildman–Crippen LogP) is 1.08. The summed E-state index contributed by atoms with van der Waals surface area (Å²) in [6.45, 7) is 4.27. The van der Waals surface area contributed by atoms with Crippen LogP contribution in [0.25, 0.3) is 0 Å². The number of amides is 1. The van der Waals surface area contributed by atoms with E-state index in [1.807, 2.05) is 12.1 Å². The van der Waals surface area contributed by atoms with Crippen LogP contribution in [0.3, 0.4) is 0 Å². The van der Waals surface area contributed by atoms with Gasteiger partial charge >= 0.3 is 0 Å². The van der Waals surface area contributed by atoms with Crippen molar-refractivity contribution in [2.24, 2.45) is 0 Å². The number of carbonyl (C=O) groups excluding carboxylic acids is 1. The summed E-state index contributed by atoms with van der Waals surface area (Å²) in [6.07, 6.45) is 2.75. The molecule has 2 N–H and O–H groups in total. The Morgan fingerprint density at radius 1 is 1.50 bits per heavy atom. The largest absolute Gasteiger partial charge is 0.315 e. The van der Waals surface area contributed by atoms with Gasteiger partial charge in [0.15, 0.2) is 0 Å². The second-order valence-corrected chi connectivity index (χ2v) is 5.12. The molecule has 5 nitrogen and oxygen atoms in total. The van der Waals surface area contributed by atoms with Crippen LogP contribution in [0, 0.1) is 0 Å². The van der Waals surface area contributed by atoms with Crippen molar-refractivity contribution in [2.45, 2.75) is 6.42 Å². The molecule has 1 saturated heterocycles. The second kappa shape index (κ2) is 6.82. The van der Waals surface area contributed by atoms with Gasteiger partial charge in [-0.25, -0.2) is 4.98 Å². The number of anilines is 1. The molecular weight excluding hydrogens is 296 g/mol. The van der Waals surface area contributed by atoms with Gasteiger partial charge in [-0.15, -0.1) is 0 Å². The lowest BCUT2D eigenvalue weighted by atomic mass is 10.4. The van der Waals surface area contributed by atoms with Crippen molar-refractivity contribution in [3.63, 3.8) is 0 Å². The van der Waals surface area contributed by atoms with E-state index < -0.39 is 0 Å². The van der Waals surface area contributed by atoms with E-state index in [-0.39, 0.29) is 5.91 Å². The lowest BCUT2D eigenvalue weighted by Crippen LogP contribution is -2.35. The summed E-state index contributed by atoms with van der Waals surface area (Å²) < 4.78 is 0.802. The number of nitrogens with zero attached hydrogens (tertiary/aromatic N) is 2. The Morgan fingerprint density at radius 2 is 2.39 bits per heavy atom. The Labute approximate surface area is 115 Å². The standard InChI is InChI=1S/C12H17BrN4O/c13-10-3-1-5-15-12(10)16-11(18)9-17-7-2-4-14-6-8-17/h1,3,5,14H,2,4,6-9H2,(H,15,16,18). The minimum Gasteiger partial charge on any atom is -0.315 e. The zero-order valence-electron chi connectivity index (χ0n) is 10.2. The molecule has 0 atom stereocenters. The van der Waals surface area contributed by atoms with E-state index in [9.17, 15) is 4.79 Å². The molecule has 18 heavy (non-hydrogen) atoms. The maximum atomic E-state index is 11.9. The number of nitrogens with one attached hydrogen (secondary N) is 2. The molecule has 0 saturated carbocycles. The third-order valence-electron chi connectivity index (χ3n) is 2.82. The number of rotatable bonds is 3. The van der Waals surface area contributed by atoms with Crippen molar-refractivity contribution < 1.29 is 4.79 Å². The molecule has 1 aromatic rings. The molecule has 0 unspecified atom stereocenters. The van der Waals surface area contributed by atoms with E-state index >= 15 is 0 Å². The highest BCUT2D eigenvalue weighted by Crippen LogP contribution is 2.18. The fourth-order valence-electron chi connectivity index (χ4n) is 1.91. The van der Waals surface area contributed by atoms with Gasteiger partial charge in [0, 0.05) is 19.3 Å². The summed E-state index contributed by atoms with van der Waals surface area (Å²) in [5, 5.41) is 6.13. The van der Waals surface area contributed by atoms with E-state index in [0.717, 1.165) is 37.1 Å². The fraction of sp³-hybridized carbons (Fsp3) is 0.500. The maximum absolute atomic E-state index is 11.9. The lowest BCUT2D eigenvalue weighted by molar-refractivity contribution is -0.117. The van der Waals surface area contributed by atoms with Gasteiger partial charge in [-0.3, -0.25) is 9.69 Å². The van der Waals surface area contributed by atoms with Crippen molar-refractivity contribution in [2.75, 3.05) is 38.0 Å². The predicted molar refractivity (Wildman–Crippen MR) is 74.5 cm³/mol. The first-order valence-corrected chi connectivity index (χ1v) is 6.88. The molecule has 1 amide bonds. The van der Waals surface area contributed by atoms with Gasteiger partial charge in [0.2, 0.25) is 5.91 Å². The molecule has 0 spiro atoms. The minimum absolute atomic E-state index is 0.0173. The van der Waals surface area contributed by atoms with Crippen LogP contribution >= 0.6 is 15.9 Å². The summed E-state index contributed by atoms with van der Waals surface area (Å²) in [7, 11) is 0. The zero-order valence-corrected chi connectivity index (χ0v) is 11.7. The van der Waals surface area contributed by atoms with Crippen LogP contribution in [0.15, 0.2) is 22.8 Å². The van der Waals surface area contributed by atoms with Crippen LogP contribution in [-0.4, -0.2) is 48.5 Å². The quantitative estimate of drug-likeness (QED) is 0.877. The van der Waals surface area contributed by atoms with Crippen LogP contribution in [0.4, 0.5) is 5.82 Å². The molecule has 0 radical (unpaired) electrons. The fourth-order valence-corrected chi connectivity index (χ4v) is 2.27. The van der Waals surface area contributed by atoms with Gasteiger partial charge in [0.1, 0.15) is 5.82 Å². The van der Waals surface area contributed by atoms with Crippen LogP contribution in [0.5, 0.6) is 0 Å². The highest BCUT2D eigenvalue weighted by atomic mass is 79.9. The Kier molecular flexibility index (Phi) is 5.10. The van der Waals surface area contributed by atoms with Crippen molar-refractivity contribution in [3.05, 3.63) is 22.8 Å². The SMILES string of the molecule is O=C(CN1CCCNCC1)Nc1ncccc1Br. The zero-order chi connectivity index (χ0) is 12.8. The highest BCUT2D eigenvalue weighted by molar-refractivity contribution is 9.10. The van der Waals surface area contributed by atoms with Crippen molar-refractivity contribution >= 4 is 27.7 Å². The Hall–Kier alpha value is -0.980. The van der Waals surface area contributed by atoms with Crippen molar-refractivity contribution in [3.8, 4) is 0 Å². The molecule has 0 aliphatic carbocycles. The molecule has 0 aromatic carbocycles. The lowest BCUT2D eigenvalue weighted by Gasteiger charge is -2.18. The van der Waals surface area contributed by atoms with Gasteiger partial charge < -0.3 is 10.6 Å².